The zero-order chi connectivity index (χ0) is 17.5. The van der Waals surface area contributed by atoms with Crippen molar-refractivity contribution >= 4 is 12.8 Å². The molecule has 1 unspecified atom stereocenters. The van der Waals surface area contributed by atoms with Crippen LogP contribution in [0.5, 0.6) is 11.5 Å². The van der Waals surface area contributed by atoms with Crippen LogP contribution in [0.2, 0.25) is 0 Å². The number of para-hydroxylation sites is 1. The molecule has 1 heterocycles. The first-order chi connectivity index (χ1) is 12.2. The highest BCUT2D eigenvalue weighted by atomic mass is 31.2. The molecule has 1 aliphatic rings. The van der Waals surface area contributed by atoms with E-state index in [2.05, 4.69) is 11.6 Å². The lowest BCUT2D eigenvalue weighted by atomic mass is 10.3. The lowest BCUT2D eigenvalue weighted by molar-refractivity contribution is 0.293. The molecular weight excluding hydrogens is 333 g/mol. The molecule has 0 N–H and O–H groups in total. The third-order valence-electron chi connectivity index (χ3n) is 4.36. The standard InChI is InChI=1S/C20H26NO3P/c1-2-3-15-21-16-7-8-17-23-25(21,22)20-13-11-19(12-14-20)24-18-9-5-4-6-10-18/h4-6,9-14H,2-3,7-8,15-17H2,1H3. The largest absolute Gasteiger partial charge is 0.457 e. The quantitative estimate of drug-likeness (QED) is 0.664. The van der Waals surface area contributed by atoms with Gasteiger partial charge in [-0.1, -0.05) is 31.5 Å². The summed E-state index contributed by atoms with van der Waals surface area (Å²) in [4.78, 5) is 0. The van der Waals surface area contributed by atoms with Gasteiger partial charge >= 0.3 is 7.52 Å². The van der Waals surface area contributed by atoms with Gasteiger partial charge in [0.15, 0.2) is 0 Å². The minimum absolute atomic E-state index is 0.558. The minimum Gasteiger partial charge on any atom is -0.457 e. The van der Waals surface area contributed by atoms with Crippen molar-refractivity contribution in [3.63, 3.8) is 0 Å². The lowest BCUT2D eigenvalue weighted by Gasteiger charge is -2.29. The van der Waals surface area contributed by atoms with E-state index in [1.165, 1.54) is 0 Å². The van der Waals surface area contributed by atoms with Crippen LogP contribution in [0.15, 0.2) is 54.6 Å². The maximum Gasteiger partial charge on any atom is 0.302 e. The summed E-state index contributed by atoms with van der Waals surface area (Å²) in [6.07, 6.45) is 4.10. The first kappa shape index (κ1) is 18.2. The summed E-state index contributed by atoms with van der Waals surface area (Å²) in [7, 11) is -2.97. The third-order valence-corrected chi connectivity index (χ3v) is 6.99. The molecule has 0 amide bonds. The summed E-state index contributed by atoms with van der Waals surface area (Å²) in [6.45, 7) is 4.36. The van der Waals surface area contributed by atoms with Crippen molar-refractivity contribution in [2.75, 3.05) is 19.7 Å². The Kier molecular flexibility index (Phi) is 6.30. The van der Waals surface area contributed by atoms with E-state index >= 15 is 0 Å². The van der Waals surface area contributed by atoms with E-state index in [9.17, 15) is 4.57 Å². The highest BCUT2D eigenvalue weighted by Crippen LogP contribution is 2.51. The number of unbranched alkanes of at least 4 members (excludes halogenated alkanes) is 1. The van der Waals surface area contributed by atoms with E-state index in [0.29, 0.717) is 6.61 Å². The van der Waals surface area contributed by atoms with Crippen LogP contribution < -0.4 is 10.0 Å². The Hall–Kier alpha value is -1.61. The van der Waals surface area contributed by atoms with Crippen molar-refractivity contribution in [3.8, 4) is 11.5 Å². The molecule has 1 saturated heterocycles. The van der Waals surface area contributed by atoms with Gasteiger partial charge in [-0.25, -0.2) is 4.67 Å². The second-order valence-corrected chi connectivity index (χ2v) is 8.66. The van der Waals surface area contributed by atoms with Crippen molar-refractivity contribution in [3.05, 3.63) is 54.6 Å². The molecular formula is C20H26NO3P. The fraction of sp³-hybridized carbons (Fsp3) is 0.400. The van der Waals surface area contributed by atoms with Crippen LogP contribution in [-0.4, -0.2) is 24.4 Å². The fourth-order valence-electron chi connectivity index (χ4n) is 2.95. The van der Waals surface area contributed by atoms with E-state index in [-0.39, 0.29) is 0 Å². The first-order valence-electron chi connectivity index (χ1n) is 9.06. The Balaban J connectivity index is 1.79. The van der Waals surface area contributed by atoms with Crippen LogP contribution in [0, 0.1) is 0 Å². The molecule has 4 nitrogen and oxygen atoms in total. The zero-order valence-electron chi connectivity index (χ0n) is 14.8. The Bertz CT molecular complexity index is 703. The second-order valence-electron chi connectivity index (χ2n) is 6.28. The van der Waals surface area contributed by atoms with Crippen molar-refractivity contribution in [2.24, 2.45) is 0 Å². The smallest absolute Gasteiger partial charge is 0.302 e. The summed E-state index contributed by atoms with van der Waals surface area (Å²) in [5.41, 5.74) is 0. The van der Waals surface area contributed by atoms with Crippen LogP contribution in [0.3, 0.4) is 0 Å². The Morgan fingerprint density at radius 2 is 1.76 bits per heavy atom. The Labute approximate surface area is 150 Å². The SMILES string of the molecule is CCCCN1CCCCOP1(=O)c1ccc(Oc2ccccc2)cc1. The summed E-state index contributed by atoms with van der Waals surface area (Å²) in [5, 5.41) is 0.755. The first-order valence-corrected chi connectivity index (χ1v) is 10.6. The van der Waals surface area contributed by atoms with Crippen molar-refractivity contribution in [2.45, 2.75) is 32.6 Å². The molecule has 1 atom stereocenters. The number of nitrogens with zero attached hydrogens (tertiary/aromatic N) is 1. The van der Waals surface area contributed by atoms with Crippen LogP contribution >= 0.6 is 7.52 Å². The predicted octanol–water partition coefficient (Wildman–Crippen LogP) is 5.21. The van der Waals surface area contributed by atoms with Gasteiger partial charge in [-0.15, -0.1) is 0 Å². The third kappa shape index (κ3) is 4.52. The van der Waals surface area contributed by atoms with Gasteiger partial charge in [0.2, 0.25) is 0 Å². The van der Waals surface area contributed by atoms with Crippen molar-refractivity contribution < 1.29 is 13.8 Å². The summed E-state index contributed by atoms with van der Waals surface area (Å²) < 4.78 is 27.4. The molecule has 0 aliphatic carbocycles. The number of benzene rings is 2. The molecule has 2 aromatic carbocycles. The predicted molar refractivity (Wildman–Crippen MR) is 102 cm³/mol. The number of hydrogen-bond donors (Lipinski definition) is 0. The number of hydrogen-bond acceptors (Lipinski definition) is 3. The van der Waals surface area contributed by atoms with Crippen LogP contribution in [0.25, 0.3) is 0 Å². The average molecular weight is 359 g/mol. The molecule has 0 bridgehead atoms. The van der Waals surface area contributed by atoms with Crippen molar-refractivity contribution in [1.82, 2.24) is 4.67 Å². The molecule has 0 aromatic heterocycles. The molecule has 5 heteroatoms. The molecule has 25 heavy (non-hydrogen) atoms. The maximum atomic E-state index is 13.6. The van der Waals surface area contributed by atoms with Gasteiger partial charge in [-0.2, -0.15) is 0 Å². The average Bonchev–Trinajstić information content (AvgIpc) is 2.84. The van der Waals surface area contributed by atoms with E-state index in [4.69, 9.17) is 9.26 Å². The van der Waals surface area contributed by atoms with Gasteiger partial charge in [0.1, 0.15) is 11.5 Å². The maximum absolute atomic E-state index is 13.6. The Morgan fingerprint density at radius 3 is 2.48 bits per heavy atom. The molecule has 3 rings (SSSR count). The van der Waals surface area contributed by atoms with Gasteiger partial charge in [-0.3, -0.25) is 4.57 Å². The van der Waals surface area contributed by atoms with E-state index in [1.54, 1.807) is 0 Å². The van der Waals surface area contributed by atoms with Gasteiger partial charge < -0.3 is 9.26 Å². The molecule has 0 radical (unpaired) electrons. The molecule has 2 aromatic rings. The molecule has 0 saturated carbocycles. The number of rotatable bonds is 6. The van der Waals surface area contributed by atoms with Crippen LogP contribution in [0.4, 0.5) is 0 Å². The van der Waals surface area contributed by atoms with Gasteiger partial charge in [0.05, 0.1) is 11.9 Å². The normalized spacial score (nSPS) is 21.6. The highest BCUT2D eigenvalue weighted by molar-refractivity contribution is 7.64. The molecule has 1 aliphatic heterocycles. The second kappa shape index (κ2) is 8.66. The topological polar surface area (TPSA) is 38.8 Å². The number of ether oxygens (including phenoxy) is 1. The van der Waals surface area contributed by atoms with Gasteiger partial charge in [0.25, 0.3) is 0 Å². The van der Waals surface area contributed by atoms with Gasteiger partial charge in [-0.05, 0) is 55.7 Å². The van der Waals surface area contributed by atoms with Crippen LogP contribution in [-0.2, 0) is 9.09 Å². The zero-order valence-corrected chi connectivity index (χ0v) is 15.7. The van der Waals surface area contributed by atoms with E-state index in [0.717, 1.165) is 55.6 Å². The molecule has 134 valence electrons. The minimum atomic E-state index is -2.97. The lowest BCUT2D eigenvalue weighted by Crippen LogP contribution is -2.28. The summed E-state index contributed by atoms with van der Waals surface area (Å²) in [6, 6.07) is 17.2. The molecule has 1 fully saturated rings. The highest BCUT2D eigenvalue weighted by Gasteiger charge is 2.35. The molecule has 0 spiro atoms. The fourth-order valence-corrected chi connectivity index (χ4v) is 5.30. The summed E-state index contributed by atoms with van der Waals surface area (Å²) in [5.74, 6) is 1.52. The van der Waals surface area contributed by atoms with Gasteiger partial charge in [0, 0.05) is 13.1 Å². The van der Waals surface area contributed by atoms with E-state index in [1.807, 2.05) is 54.6 Å². The van der Waals surface area contributed by atoms with E-state index < -0.39 is 7.52 Å². The Morgan fingerprint density at radius 1 is 1.04 bits per heavy atom. The monoisotopic (exact) mass is 359 g/mol. The van der Waals surface area contributed by atoms with Crippen molar-refractivity contribution in [1.29, 1.82) is 0 Å². The summed E-state index contributed by atoms with van der Waals surface area (Å²) >= 11 is 0. The van der Waals surface area contributed by atoms with Crippen LogP contribution in [0.1, 0.15) is 32.6 Å².